The number of nitrogens with two attached hydrogens (primary N) is 1. The molecule has 30 heteroatoms. The molecule has 2 aliphatic rings. The smallest absolute Gasteiger partial charge is 0.339 e. The topological polar surface area (TPSA) is 306 Å². The Hall–Kier alpha value is -8.45. The Kier molecular flexibility index (Phi) is 22.0. The average Bonchev–Trinajstić information content (AvgIpc) is 1.49. The van der Waals surface area contributed by atoms with Gasteiger partial charge in [-0.1, -0.05) is 91.4 Å². The first kappa shape index (κ1) is 71.3. The Balaban J connectivity index is 0.000000273. The minimum absolute atomic E-state index is 0. The lowest BCUT2D eigenvalue weighted by molar-refractivity contribution is 0.486. The van der Waals surface area contributed by atoms with E-state index in [1.165, 1.54) is 97.5 Å². The van der Waals surface area contributed by atoms with Crippen molar-refractivity contribution in [2.75, 3.05) is 33.0 Å². The van der Waals surface area contributed by atoms with Gasteiger partial charge in [-0.2, -0.15) is 8.42 Å². The second kappa shape index (κ2) is 27.5. The third-order valence-electron chi connectivity index (χ3n) is 13.2. The van der Waals surface area contributed by atoms with Crippen molar-refractivity contribution in [1.82, 2.24) is 27.4 Å². The molecule has 4 heterocycles. The van der Waals surface area contributed by atoms with Crippen molar-refractivity contribution in [3.05, 3.63) is 210 Å². The lowest BCUT2D eigenvalue weighted by atomic mass is 10.2. The molecule has 2 fully saturated rings. The van der Waals surface area contributed by atoms with Crippen LogP contribution in [0.2, 0.25) is 0 Å². The van der Waals surface area contributed by atoms with Crippen LogP contribution in [-0.2, 0) is 44.3 Å². The molecule has 0 saturated heterocycles. The van der Waals surface area contributed by atoms with Crippen molar-refractivity contribution >= 4 is 113 Å². The summed E-state index contributed by atoms with van der Waals surface area (Å²) in [6.45, 7) is 1.78. The number of nitrogens with one attached hydrogen (secondary N) is 3. The molecular weight excluding hydrogens is 1350 g/mol. The Morgan fingerprint density at radius 3 is 1.43 bits per heavy atom. The van der Waals surface area contributed by atoms with Crippen LogP contribution in [0.4, 0.5) is 37.2 Å². The van der Waals surface area contributed by atoms with Crippen LogP contribution < -0.4 is 58.3 Å². The summed E-state index contributed by atoms with van der Waals surface area (Å²) >= 11 is 6.30. The molecule has 0 radical (unpaired) electrons. The molecule has 23 nitrogen and oxygen atoms in total. The third kappa shape index (κ3) is 15.7. The fraction of sp³-hybridized carbons (Fsp3) is 0.254. The summed E-state index contributed by atoms with van der Waals surface area (Å²) in [7, 11) is -8.97. The number of benzene rings is 5. The molecular formula is C59H66Br2F2N10O13S3. The molecule has 2 saturated carbocycles. The quantitative estimate of drug-likeness (QED) is 0.0617. The minimum Gasteiger partial charge on any atom is -0.396 e. The van der Waals surface area contributed by atoms with Gasteiger partial charge in [-0.15, -0.1) is 0 Å². The van der Waals surface area contributed by atoms with Crippen LogP contribution in [0.3, 0.4) is 0 Å². The van der Waals surface area contributed by atoms with Gasteiger partial charge in [0.1, 0.15) is 38.6 Å². The van der Waals surface area contributed by atoms with Crippen LogP contribution in [0.15, 0.2) is 164 Å². The van der Waals surface area contributed by atoms with E-state index in [1.807, 2.05) is 0 Å². The highest BCUT2D eigenvalue weighted by molar-refractivity contribution is 9.10. The maximum Gasteiger partial charge on any atom is 0.339 e. The highest BCUT2D eigenvalue weighted by atomic mass is 79.9. The van der Waals surface area contributed by atoms with Crippen molar-refractivity contribution in [2.24, 2.45) is 14.1 Å². The molecule has 9 aromatic rings. The van der Waals surface area contributed by atoms with E-state index in [0.29, 0.717) is 34.6 Å². The van der Waals surface area contributed by atoms with Crippen molar-refractivity contribution in [3.63, 3.8) is 0 Å². The van der Waals surface area contributed by atoms with E-state index in [9.17, 15) is 62.8 Å². The summed E-state index contributed by atoms with van der Waals surface area (Å²) < 4.78 is 118. The van der Waals surface area contributed by atoms with Gasteiger partial charge >= 0.3 is 21.5 Å². The second-order valence-electron chi connectivity index (χ2n) is 19.9. The van der Waals surface area contributed by atoms with E-state index in [-0.39, 0.29) is 108 Å². The lowest BCUT2D eigenvalue weighted by Gasteiger charge is -2.19. The summed E-state index contributed by atoms with van der Waals surface area (Å²) in [6, 6.07) is 27.9. The van der Waals surface area contributed by atoms with Crippen molar-refractivity contribution in [2.45, 2.75) is 79.3 Å². The number of aromatic nitrogens is 6. The highest BCUT2D eigenvalue weighted by Crippen LogP contribution is 2.36. The number of nitrogen functional groups attached to an aromatic ring is 1. The van der Waals surface area contributed by atoms with Gasteiger partial charge in [-0.25, -0.2) is 44.3 Å². The molecule has 2 aliphatic carbocycles. The average molecular weight is 1420 g/mol. The molecule has 5 aromatic carbocycles. The van der Waals surface area contributed by atoms with Gasteiger partial charge in [0.25, 0.3) is 22.2 Å². The van der Waals surface area contributed by atoms with Gasteiger partial charge in [-0.3, -0.25) is 46.9 Å². The molecule has 476 valence electrons. The Morgan fingerprint density at radius 1 is 0.551 bits per heavy atom. The van der Waals surface area contributed by atoms with Gasteiger partial charge < -0.3 is 15.2 Å². The van der Waals surface area contributed by atoms with E-state index in [1.54, 1.807) is 43.3 Å². The van der Waals surface area contributed by atoms with E-state index in [2.05, 4.69) is 46.6 Å². The molecule has 0 atom stereocenters. The van der Waals surface area contributed by atoms with Gasteiger partial charge in [0, 0.05) is 47.3 Å². The van der Waals surface area contributed by atoms with Crippen LogP contribution in [0.5, 0.6) is 5.75 Å². The summed E-state index contributed by atoms with van der Waals surface area (Å²) in [5.41, 5.74) is 2.62. The first-order valence-corrected chi connectivity index (χ1v) is 32.1. The van der Waals surface area contributed by atoms with Crippen molar-refractivity contribution in [3.8, 4) is 17.1 Å². The van der Waals surface area contributed by atoms with Gasteiger partial charge in [0.15, 0.2) is 5.75 Å². The highest BCUT2D eigenvalue weighted by Gasteiger charge is 2.34. The van der Waals surface area contributed by atoms with Gasteiger partial charge in [-0.05, 0) is 118 Å². The molecule has 5 N–H and O–H groups in total. The SMILES string of the molecule is C.C.C.C.Cc1ccc(S(=O)(=O)Oc2cc(=O)n(C)c3c2c(=O)n(C2CC2)c(=O)n3-c2cccc(NS(C)(=O)=O)c2)cc1.Cn1c(=O)cc(Nc2ccc(Br)cc2F)c2c(=O)n(C3CC3)c(=O)n(-c3cccc(NS(C)(=O)=O)c3)c21.Nc1ccc(Br)cc1F. The summed E-state index contributed by atoms with van der Waals surface area (Å²) in [6.07, 6.45) is 4.34. The number of nitrogens with zero attached hydrogens (tertiary/aromatic N) is 6. The molecule has 0 spiro atoms. The fourth-order valence-corrected chi connectivity index (χ4v) is 11.7. The van der Waals surface area contributed by atoms with Crippen molar-refractivity contribution < 1.29 is 38.2 Å². The zero-order chi connectivity index (χ0) is 61.8. The number of sulfonamides is 2. The molecule has 11 rings (SSSR count). The van der Waals surface area contributed by atoms with Gasteiger partial charge in [0.05, 0.1) is 52.3 Å². The number of pyridine rings is 2. The Labute approximate surface area is 528 Å². The first-order valence-electron chi connectivity index (χ1n) is 25.3. The van der Waals surface area contributed by atoms with E-state index in [4.69, 9.17) is 9.92 Å². The maximum absolute atomic E-state index is 14.7. The molecule has 0 amide bonds. The van der Waals surface area contributed by atoms with Crippen molar-refractivity contribution in [1.29, 1.82) is 0 Å². The predicted octanol–water partition coefficient (Wildman–Crippen LogP) is 9.55. The number of anilines is 5. The largest absolute Gasteiger partial charge is 0.396 e. The summed E-state index contributed by atoms with van der Waals surface area (Å²) in [5.74, 6) is -1.52. The molecule has 0 bridgehead atoms. The Morgan fingerprint density at radius 2 is 0.989 bits per heavy atom. The summed E-state index contributed by atoms with van der Waals surface area (Å²) in [5, 5.41) is 2.57. The summed E-state index contributed by atoms with van der Waals surface area (Å²) in [4.78, 5) is 80.6. The molecule has 0 unspecified atom stereocenters. The van der Waals surface area contributed by atoms with E-state index in [0.717, 1.165) is 47.0 Å². The zero-order valence-electron chi connectivity index (χ0n) is 45.3. The molecule has 4 aromatic heterocycles. The minimum atomic E-state index is -4.46. The number of fused-ring (bicyclic) bond motifs is 2. The zero-order valence-corrected chi connectivity index (χ0v) is 51.0. The van der Waals surface area contributed by atoms with Crippen LogP contribution in [-0.4, -0.2) is 65.2 Å². The number of hydrogen-bond acceptors (Lipinski definition) is 15. The first-order chi connectivity index (χ1) is 39.9. The predicted molar refractivity (Wildman–Crippen MR) is 353 cm³/mol. The monoisotopic (exact) mass is 1410 g/mol. The number of rotatable bonds is 13. The standard InChI is InChI=1S/C25H24N4O8S2.C24H21BrFN5O5S.C6H5BrFN.4CH4/c1-15-7-11-19(12-8-15)39(35,36)37-20-14-21(30)27(2)23-22(20)24(31)29(17-9-10-17)25(32)28(23)18-6-4-5-16(13-18)26-38(3,33)34;1-29-20(32)12-19(27-18-9-6-13(25)10-17(18)26)21-22(29)30(24(34)31(23(21)33)15-7-8-15)16-5-3-4-14(11-16)28-37(2,35)36;7-4-1-2-6(9)5(8)3-4;;;;/h4-8,11-14,17,26H,9-10H2,1-3H3;3-6,9-12,15,27-28H,7-8H2,1-2H3;1-3H,9H2;4*1H4. The van der Waals surface area contributed by atoms with Crippen LogP contribution in [0, 0.1) is 18.6 Å². The van der Waals surface area contributed by atoms with E-state index < -0.39 is 81.4 Å². The lowest BCUT2D eigenvalue weighted by Crippen LogP contribution is -2.41. The second-order valence-corrected chi connectivity index (χ2v) is 26.8. The molecule has 89 heavy (non-hydrogen) atoms. The third-order valence-corrected chi connectivity index (χ3v) is 16.6. The molecule has 0 aliphatic heterocycles. The van der Waals surface area contributed by atoms with Crippen LogP contribution >= 0.6 is 31.9 Å². The van der Waals surface area contributed by atoms with Gasteiger partial charge in [0.2, 0.25) is 20.0 Å². The number of hydrogen-bond donors (Lipinski definition) is 4. The maximum atomic E-state index is 14.7. The van der Waals surface area contributed by atoms with E-state index >= 15 is 0 Å². The normalized spacial score (nSPS) is 12.7. The fourth-order valence-electron chi connectivity index (χ4n) is 8.99. The van der Waals surface area contributed by atoms with Crippen LogP contribution in [0.25, 0.3) is 33.4 Å². The number of aryl methyl sites for hydroxylation is 3. The Bertz CT molecular complexity index is 4970. The van der Waals surface area contributed by atoms with Crippen LogP contribution in [0.1, 0.15) is 73.0 Å². The number of halogens is 4.